The molecule has 1 N–H and O–H groups in total. The lowest BCUT2D eigenvalue weighted by Gasteiger charge is -2.34. The van der Waals surface area contributed by atoms with Crippen molar-refractivity contribution < 1.29 is 33.9 Å². The topological polar surface area (TPSA) is 132 Å². The third-order valence-corrected chi connectivity index (χ3v) is 10.8. The summed E-state index contributed by atoms with van der Waals surface area (Å²) in [6.07, 6.45) is 6.19. The summed E-state index contributed by atoms with van der Waals surface area (Å²) in [7, 11) is 5.74. The Morgan fingerprint density at radius 1 is 0.702 bits per heavy atom. The van der Waals surface area contributed by atoms with Crippen LogP contribution >= 0.6 is 61.2 Å². The summed E-state index contributed by atoms with van der Waals surface area (Å²) in [6.45, 7) is 11.5. The van der Waals surface area contributed by atoms with Crippen LogP contribution in [0.1, 0.15) is 93.9 Å². The molecule has 6 bridgehead atoms. The fraction of sp³-hybridized carbons (Fsp3) is 0.824. The second-order valence-corrected chi connectivity index (χ2v) is 13.4. The van der Waals surface area contributed by atoms with Gasteiger partial charge in [0.15, 0.2) is 0 Å². The Hall–Kier alpha value is -0.110. The Kier molecular flexibility index (Phi) is 20.6. The van der Waals surface area contributed by atoms with E-state index in [1.165, 1.54) is 6.42 Å². The number of hydrogen-bond acceptors (Lipinski definition) is 9. The van der Waals surface area contributed by atoms with E-state index in [2.05, 4.69) is 67.8 Å². The van der Waals surface area contributed by atoms with Gasteiger partial charge in [-0.2, -0.15) is 0 Å². The molecule has 6 fully saturated rings. The highest BCUT2D eigenvalue weighted by Crippen LogP contribution is 2.45. The minimum absolute atomic E-state index is 0. The van der Waals surface area contributed by atoms with Gasteiger partial charge in [-0.25, -0.2) is 0 Å². The summed E-state index contributed by atoms with van der Waals surface area (Å²) in [5.74, 6) is 0.208. The predicted octanol–water partition coefficient (Wildman–Crippen LogP) is 5.92. The van der Waals surface area contributed by atoms with Crippen molar-refractivity contribution in [3.63, 3.8) is 0 Å². The van der Waals surface area contributed by atoms with E-state index in [1.54, 1.807) is 13.8 Å². The lowest BCUT2D eigenvalue weighted by Crippen LogP contribution is -2.50. The van der Waals surface area contributed by atoms with E-state index >= 15 is 0 Å². The Morgan fingerprint density at radius 2 is 1.06 bits per heavy atom. The minimum atomic E-state index is -0.858. The molecule has 0 aromatic carbocycles. The monoisotopic (exact) mass is 1000 g/mol. The number of nitrogens with zero attached hydrogens (tertiary/aromatic N) is 3. The molecule has 6 rings (SSSR count). The summed E-state index contributed by atoms with van der Waals surface area (Å²) >= 11 is 4.24. The number of hydrogen-bond donors (Lipinski definition) is 1. The Balaban J connectivity index is 0.000000620. The van der Waals surface area contributed by atoms with Crippen LogP contribution in [-0.2, 0) is 28.8 Å². The molecule has 6 aliphatic rings. The van der Waals surface area contributed by atoms with Gasteiger partial charge in [-0.3, -0.25) is 43.5 Å². The van der Waals surface area contributed by atoms with E-state index in [0.29, 0.717) is 30.1 Å². The van der Waals surface area contributed by atoms with Crippen molar-refractivity contribution in [1.82, 2.24) is 14.7 Å². The van der Waals surface area contributed by atoms with Crippen LogP contribution in [0.4, 0.5) is 0 Å². The maximum absolute atomic E-state index is 11.9. The number of carbonyl (C=O) groups is 6. The lowest BCUT2D eigenvalue weighted by molar-refractivity contribution is -0.149. The lowest BCUT2D eigenvalue weighted by atomic mass is 9.88. The van der Waals surface area contributed by atoms with E-state index in [9.17, 15) is 28.8 Å². The highest BCUT2D eigenvalue weighted by Gasteiger charge is 2.57. The van der Waals surface area contributed by atoms with Gasteiger partial charge in [-0.1, -0.05) is 41.5 Å². The fourth-order valence-corrected chi connectivity index (χ4v) is 8.91. The maximum Gasteiger partial charge on any atom is 0.321 e. The second kappa shape index (κ2) is 20.7. The SMILES string of the molecule is C.CC(=O)C1[C@@H]2C[C@@H](CC2=O)N1C.CCC.CCC1C(=O)[C@H]2C[C@@H]1N(C)C2C(=O)O.CCC1C(=O)[C@H]2C[C@@H]1N(C)C2C(C)=O.I.II. The number of aliphatic carboxylic acids is 1. The molecule has 3 saturated heterocycles. The first-order valence-corrected chi connectivity index (χ1v) is 22.6. The second-order valence-electron chi connectivity index (χ2n) is 13.4. The predicted molar refractivity (Wildman–Crippen MR) is 213 cm³/mol. The first kappa shape index (κ1) is 46.9. The molecule has 13 heteroatoms. The number of carbonyl (C=O) groups excluding carboxylic acids is 5. The van der Waals surface area contributed by atoms with Gasteiger partial charge >= 0.3 is 5.97 Å². The van der Waals surface area contributed by atoms with Gasteiger partial charge < -0.3 is 5.11 Å². The van der Waals surface area contributed by atoms with Gasteiger partial charge in [0.2, 0.25) is 0 Å². The highest BCUT2D eigenvalue weighted by atomic mass is 128. The van der Waals surface area contributed by atoms with Gasteiger partial charge in [-0.05, 0) is 67.1 Å². The van der Waals surface area contributed by atoms with Crippen LogP contribution in [0, 0.1) is 29.6 Å². The molecule has 3 saturated carbocycles. The molecule has 0 aromatic heterocycles. The molecule has 272 valence electrons. The molecule has 10 nitrogen and oxygen atoms in total. The first-order valence-electron chi connectivity index (χ1n) is 16.3. The van der Waals surface area contributed by atoms with E-state index in [1.807, 2.05) is 33.0 Å². The van der Waals surface area contributed by atoms with Crippen molar-refractivity contribution in [2.75, 3.05) is 21.1 Å². The zero-order chi connectivity index (χ0) is 34.5. The van der Waals surface area contributed by atoms with Crippen LogP contribution in [0.25, 0.3) is 0 Å². The van der Waals surface area contributed by atoms with E-state index in [-0.39, 0.29) is 96.5 Å². The van der Waals surface area contributed by atoms with E-state index in [4.69, 9.17) is 5.11 Å². The number of carboxylic acids is 1. The largest absolute Gasteiger partial charge is 0.480 e. The zero-order valence-electron chi connectivity index (χ0n) is 28.7. The molecule has 0 radical (unpaired) electrons. The normalized spacial score (nSPS) is 36.0. The summed E-state index contributed by atoms with van der Waals surface area (Å²) in [6, 6.07) is 0.0169. The summed E-state index contributed by atoms with van der Waals surface area (Å²) < 4.78 is 0. The van der Waals surface area contributed by atoms with Gasteiger partial charge in [0, 0.05) is 91.4 Å². The van der Waals surface area contributed by atoms with Crippen molar-refractivity contribution in [1.29, 1.82) is 0 Å². The number of ketones is 5. The molecule has 3 heterocycles. The van der Waals surface area contributed by atoms with Crippen LogP contribution in [0.5, 0.6) is 0 Å². The first-order chi connectivity index (χ1) is 21.2. The summed E-state index contributed by atoms with van der Waals surface area (Å²) in [5, 5.41) is 8.99. The van der Waals surface area contributed by atoms with Crippen LogP contribution in [0.3, 0.4) is 0 Å². The Bertz CT molecular complexity index is 1070. The number of Topliss-reactive ketones (excluding diaryl/α,β-unsaturated/α-hetero) is 5. The molecule has 0 spiro atoms. The van der Waals surface area contributed by atoms with E-state index in [0.717, 1.165) is 32.1 Å². The van der Waals surface area contributed by atoms with Crippen molar-refractivity contribution in [3.05, 3.63) is 0 Å². The minimum Gasteiger partial charge on any atom is -0.480 e. The van der Waals surface area contributed by atoms with Crippen LogP contribution in [-0.4, -0.2) is 112 Å². The average Bonchev–Trinajstić information content (AvgIpc) is 3.80. The average molecular weight is 1000 g/mol. The number of piperidine rings is 3. The van der Waals surface area contributed by atoms with Crippen molar-refractivity contribution in [2.24, 2.45) is 29.6 Å². The van der Waals surface area contributed by atoms with Gasteiger partial charge in [0.1, 0.15) is 35.0 Å². The smallest absolute Gasteiger partial charge is 0.321 e. The molecule has 11 atom stereocenters. The molecule has 3 aliphatic heterocycles. The molecule has 3 aliphatic carbocycles. The van der Waals surface area contributed by atoms with Gasteiger partial charge in [-0.15, -0.1) is 24.0 Å². The number of carboxylic acid groups (broad SMARTS) is 1. The number of fused-ring (bicyclic) bond motifs is 6. The van der Waals surface area contributed by atoms with Crippen molar-refractivity contribution in [2.45, 2.75) is 130 Å². The number of likely N-dealkylation sites (tertiary alicyclic amines) is 3. The quantitative estimate of drug-likeness (QED) is 0.332. The van der Waals surface area contributed by atoms with Crippen LogP contribution in [0.2, 0.25) is 0 Å². The molecular formula is C34H58I3N3O7. The highest BCUT2D eigenvalue weighted by molar-refractivity contribution is 15.0. The molecule has 0 amide bonds. The molecule has 47 heavy (non-hydrogen) atoms. The summed E-state index contributed by atoms with van der Waals surface area (Å²) in [4.78, 5) is 74.5. The molecular weight excluding hydrogens is 943 g/mol. The Morgan fingerprint density at radius 3 is 1.38 bits per heavy atom. The number of halogens is 3. The van der Waals surface area contributed by atoms with Crippen LogP contribution in [0.15, 0.2) is 0 Å². The van der Waals surface area contributed by atoms with E-state index < -0.39 is 12.0 Å². The zero-order valence-corrected chi connectivity index (χ0v) is 35.3. The van der Waals surface area contributed by atoms with Crippen molar-refractivity contribution >= 4 is 96.1 Å². The molecule has 5 unspecified atom stereocenters. The van der Waals surface area contributed by atoms with Gasteiger partial charge in [0.25, 0.3) is 0 Å². The fourth-order valence-electron chi connectivity index (χ4n) is 8.91. The maximum atomic E-state index is 11.9. The van der Waals surface area contributed by atoms with Gasteiger partial charge in [0.05, 0.1) is 12.1 Å². The van der Waals surface area contributed by atoms with Crippen LogP contribution < -0.4 is 0 Å². The number of likely N-dealkylation sites (N-methyl/N-ethyl adjacent to an activating group) is 3. The standard InChI is InChI=1S/C11H17NO2.C10H15NO3.C9H13NO2.C3H8.CH4.I2.HI/c1-4-7-9-5-8(11(7)14)10(6(2)13)12(9)3;1-3-5-7-4-6(9(5)12)8(10(13)14)11(7)2;1-5(11)9-7-3-6(10(9)2)4-8(7)12;1-3-2;;1-2;/h7-10H,4-5H2,1-3H3;5-8H,3-4H2,1-2H3,(H,13,14);6-7,9H,3-4H2,1-2H3;3H2,1-2H3;1H4;;1H/t7?,8-,9-,10?;5?,6-,7-,8?;6-,7+,9?;;;;/m000..../s1. The Labute approximate surface area is 323 Å². The molecule has 0 aromatic rings. The third kappa shape index (κ3) is 9.61. The summed E-state index contributed by atoms with van der Waals surface area (Å²) in [5.41, 5.74) is 0. The third-order valence-electron chi connectivity index (χ3n) is 10.8. The number of rotatable bonds is 5. The van der Waals surface area contributed by atoms with Crippen molar-refractivity contribution in [3.8, 4) is 0 Å².